The van der Waals surface area contributed by atoms with Gasteiger partial charge >= 0.3 is 0 Å². The Bertz CT molecular complexity index is 1270. The molecule has 3 nitrogen and oxygen atoms in total. The van der Waals surface area contributed by atoms with E-state index in [-0.39, 0.29) is 0 Å². The first-order chi connectivity index (χ1) is 15.2. The zero-order valence-electron chi connectivity index (χ0n) is 18.0. The van der Waals surface area contributed by atoms with Gasteiger partial charge in [-0.2, -0.15) is 9.83 Å². The Balaban J connectivity index is 1.66. The summed E-state index contributed by atoms with van der Waals surface area (Å²) in [5.74, 6) is 0. The monoisotopic (exact) mass is 404 g/mol. The highest BCUT2D eigenvalue weighted by molar-refractivity contribution is 5.88. The molecule has 0 radical (unpaired) electrons. The van der Waals surface area contributed by atoms with Crippen LogP contribution in [0.2, 0.25) is 0 Å². The van der Waals surface area contributed by atoms with E-state index in [1.165, 1.54) is 22.2 Å². The van der Waals surface area contributed by atoms with Crippen molar-refractivity contribution in [1.29, 1.82) is 5.26 Å². The fraction of sp³-hybridized carbons (Fsp3) is 0.143. The number of nitriles is 1. The van der Waals surface area contributed by atoms with Crippen LogP contribution in [0.25, 0.3) is 22.6 Å². The summed E-state index contributed by atoms with van der Waals surface area (Å²) in [6.07, 6.45) is 14.2. The number of aromatic nitrogens is 1. The molecular weight excluding hydrogens is 378 g/mol. The predicted molar refractivity (Wildman–Crippen MR) is 129 cm³/mol. The number of benzene rings is 2. The van der Waals surface area contributed by atoms with Crippen LogP contribution in [0.15, 0.2) is 96.9 Å². The van der Waals surface area contributed by atoms with E-state index in [4.69, 9.17) is 0 Å². The van der Waals surface area contributed by atoms with Crippen LogP contribution in [0.4, 0.5) is 5.69 Å². The number of fused-ring (bicyclic) bond motifs is 2. The predicted octanol–water partition coefficient (Wildman–Crippen LogP) is 6.05. The molecule has 0 amide bonds. The van der Waals surface area contributed by atoms with Crippen molar-refractivity contribution in [3.63, 3.8) is 0 Å². The number of hydrogen-bond acceptors (Lipinski definition) is 2. The summed E-state index contributed by atoms with van der Waals surface area (Å²) in [7, 11) is 0. The molecule has 0 unspecified atom stereocenters. The normalized spacial score (nSPS) is 14.9. The third kappa shape index (κ3) is 4.20. The minimum atomic E-state index is 0.618. The first kappa shape index (κ1) is 20.4. The molecular formula is C28H26N3+. The number of rotatable bonds is 5. The van der Waals surface area contributed by atoms with Crippen molar-refractivity contribution in [2.24, 2.45) is 0 Å². The summed E-state index contributed by atoms with van der Waals surface area (Å²) in [4.78, 5) is 2.23. The lowest BCUT2D eigenvalue weighted by Gasteiger charge is -2.26. The van der Waals surface area contributed by atoms with E-state index >= 15 is 0 Å². The number of allylic oxidation sites excluding steroid dienone is 6. The van der Waals surface area contributed by atoms with Gasteiger partial charge in [-0.05, 0) is 55.3 Å². The van der Waals surface area contributed by atoms with Crippen LogP contribution in [0.1, 0.15) is 25.0 Å². The molecule has 152 valence electrons. The topological polar surface area (TPSA) is 30.9 Å². The summed E-state index contributed by atoms with van der Waals surface area (Å²) in [6.45, 7) is 6.13. The highest BCUT2D eigenvalue weighted by Gasteiger charge is 2.13. The molecule has 1 aliphatic heterocycles. The van der Waals surface area contributed by atoms with Crippen molar-refractivity contribution in [1.82, 2.24) is 0 Å². The SMILES string of the molecule is CCN1C=CC(=CC=C(C#N)C=Cc2cc[n+](CC)c3ccccc23)c2ccccc21. The van der Waals surface area contributed by atoms with Crippen molar-refractivity contribution in [3.8, 4) is 6.07 Å². The molecule has 31 heavy (non-hydrogen) atoms. The van der Waals surface area contributed by atoms with Gasteiger partial charge in [0.15, 0.2) is 6.20 Å². The molecule has 2 heterocycles. The van der Waals surface area contributed by atoms with Crippen molar-refractivity contribution in [2.75, 3.05) is 11.4 Å². The van der Waals surface area contributed by atoms with Crippen LogP contribution in [-0.2, 0) is 6.54 Å². The number of nitrogens with zero attached hydrogens (tertiary/aromatic N) is 3. The molecule has 0 atom stereocenters. The van der Waals surface area contributed by atoms with E-state index in [0.29, 0.717) is 5.57 Å². The van der Waals surface area contributed by atoms with Crippen LogP contribution in [-0.4, -0.2) is 6.54 Å². The van der Waals surface area contributed by atoms with Crippen LogP contribution in [0, 0.1) is 11.3 Å². The molecule has 1 aromatic heterocycles. The zero-order chi connectivity index (χ0) is 21.6. The van der Waals surface area contributed by atoms with Crippen LogP contribution in [0.3, 0.4) is 0 Å². The standard InChI is InChI=1S/C28H26N3/c1-3-30-19-17-23(25-9-5-7-11-27(25)30)15-13-22(21-29)14-16-24-18-20-31(4-2)28-12-8-6-10-26(24)28/h5-20H,3-4H2,1-2H3/q+1. The minimum absolute atomic E-state index is 0.618. The van der Waals surface area contributed by atoms with E-state index in [0.717, 1.165) is 24.2 Å². The summed E-state index contributed by atoms with van der Waals surface area (Å²) in [6, 6.07) is 21.2. The van der Waals surface area contributed by atoms with Crippen molar-refractivity contribution < 1.29 is 4.57 Å². The molecule has 3 aromatic rings. The molecule has 0 saturated heterocycles. The van der Waals surface area contributed by atoms with E-state index in [9.17, 15) is 5.26 Å². The molecule has 0 aliphatic carbocycles. The summed E-state index contributed by atoms with van der Waals surface area (Å²) >= 11 is 0. The smallest absolute Gasteiger partial charge is 0.213 e. The van der Waals surface area contributed by atoms with Gasteiger partial charge in [-0.15, -0.1) is 0 Å². The molecule has 0 fully saturated rings. The highest BCUT2D eigenvalue weighted by Crippen LogP contribution is 2.32. The molecule has 0 N–H and O–H groups in total. The molecule has 3 heteroatoms. The Hall–Kier alpha value is -3.90. The second-order valence-corrected chi connectivity index (χ2v) is 7.38. The van der Waals surface area contributed by atoms with Crippen LogP contribution < -0.4 is 9.47 Å². The fourth-order valence-electron chi connectivity index (χ4n) is 3.95. The summed E-state index contributed by atoms with van der Waals surface area (Å²) < 4.78 is 2.23. The van der Waals surface area contributed by atoms with Crippen molar-refractivity contribution in [3.05, 3.63) is 108 Å². The van der Waals surface area contributed by atoms with Gasteiger partial charge in [-0.3, -0.25) is 0 Å². The van der Waals surface area contributed by atoms with Crippen molar-refractivity contribution >= 4 is 28.2 Å². The number of aryl methyl sites for hydroxylation is 1. The van der Waals surface area contributed by atoms with E-state index in [1.807, 2.05) is 24.3 Å². The Morgan fingerprint density at radius 2 is 1.87 bits per heavy atom. The minimum Gasteiger partial charge on any atom is -0.348 e. The van der Waals surface area contributed by atoms with Gasteiger partial charge < -0.3 is 4.90 Å². The van der Waals surface area contributed by atoms with Gasteiger partial charge in [0.1, 0.15) is 6.54 Å². The molecule has 1 aliphatic rings. The Morgan fingerprint density at radius 1 is 1.06 bits per heavy atom. The number of para-hydroxylation sites is 2. The van der Waals surface area contributed by atoms with Gasteiger partial charge in [-0.25, -0.2) is 0 Å². The number of anilines is 1. The van der Waals surface area contributed by atoms with E-state index in [2.05, 4.69) is 102 Å². The largest absolute Gasteiger partial charge is 0.348 e. The molecule has 0 saturated carbocycles. The first-order valence-electron chi connectivity index (χ1n) is 10.7. The maximum Gasteiger partial charge on any atom is 0.213 e. The van der Waals surface area contributed by atoms with E-state index < -0.39 is 0 Å². The number of pyridine rings is 1. The van der Waals surface area contributed by atoms with Crippen molar-refractivity contribution in [2.45, 2.75) is 20.4 Å². The molecule has 0 bridgehead atoms. The summed E-state index contributed by atoms with van der Waals surface area (Å²) in [5.41, 5.74) is 6.41. The van der Waals surface area contributed by atoms with Gasteiger partial charge in [0.2, 0.25) is 5.52 Å². The lowest BCUT2D eigenvalue weighted by Crippen LogP contribution is -2.32. The second-order valence-electron chi connectivity index (χ2n) is 7.38. The second kappa shape index (κ2) is 9.28. The average molecular weight is 405 g/mol. The van der Waals surface area contributed by atoms with Gasteiger partial charge in [0.25, 0.3) is 0 Å². The van der Waals surface area contributed by atoms with Crippen LogP contribution in [0.5, 0.6) is 0 Å². The van der Waals surface area contributed by atoms with Gasteiger partial charge in [0.05, 0.1) is 17.0 Å². The maximum absolute atomic E-state index is 9.68. The molecule has 4 rings (SSSR count). The zero-order valence-corrected chi connectivity index (χ0v) is 18.0. The third-order valence-corrected chi connectivity index (χ3v) is 5.61. The van der Waals surface area contributed by atoms with Crippen LogP contribution >= 0.6 is 0 Å². The quantitative estimate of drug-likeness (QED) is 0.294. The van der Waals surface area contributed by atoms with Gasteiger partial charge in [0, 0.05) is 36.1 Å². The molecule has 2 aromatic carbocycles. The van der Waals surface area contributed by atoms with E-state index in [1.54, 1.807) is 0 Å². The Kier molecular flexibility index (Phi) is 6.10. The number of hydrogen-bond donors (Lipinski definition) is 0. The average Bonchev–Trinajstić information content (AvgIpc) is 2.83. The summed E-state index contributed by atoms with van der Waals surface area (Å²) in [5, 5.41) is 10.9. The Labute approximate surface area is 184 Å². The van der Waals surface area contributed by atoms with Gasteiger partial charge in [-0.1, -0.05) is 42.5 Å². The fourth-order valence-corrected chi connectivity index (χ4v) is 3.95. The lowest BCUT2D eigenvalue weighted by atomic mass is 9.99. The third-order valence-electron chi connectivity index (χ3n) is 5.61. The first-order valence-corrected chi connectivity index (χ1v) is 10.7. The highest BCUT2D eigenvalue weighted by atomic mass is 15.1. The molecule has 0 spiro atoms. The lowest BCUT2D eigenvalue weighted by molar-refractivity contribution is -0.667. The Morgan fingerprint density at radius 3 is 2.68 bits per heavy atom. The maximum atomic E-state index is 9.68.